The molecule has 0 spiro atoms. The fourth-order valence-electron chi connectivity index (χ4n) is 8.80. The topological polar surface area (TPSA) is 37.3 Å². The van der Waals surface area contributed by atoms with Crippen molar-refractivity contribution in [1.82, 2.24) is 10.3 Å². The van der Waals surface area contributed by atoms with Crippen molar-refractivity contribution in [3.8, 4) is 11.1 Å². The van der Waals surface area contributed by atoms with E-state index in [0.29, 0.717) is 0 Å². The standard InChI is InChI=1S/C53H37N3/c1-4-14-42-38(11-1)30-48(46-18-8-6-16-44(42)46)35-23-25-36(26-24-35)51-32-52(49-31-39-12-2-5-15-43(39)45-17-7-9-19-47(45)49)56-53(55-51)37-27-21-34(22-28-37)41-29-40-13-3-10-20-50(40)54-33-41/h1-25,27-33,36,52H,26H2,(H,55,56). The van der Waals surface area contributed by atoms with Crippen molar-refractivity contribution >= 4 is 65.4 Å². The normalized spacial score (nSPS) is 16.9. The molecule has 2 unspecified atom stereocenters. The highest BCUT2D eigenvalue weighted by atomic mass is 15.0. The number of aliphatic imine (C=N–C) groups is 1. The van der Waals surface area contributed by atoms with Gasteiger partial charge in [-0.1, -0.05) is 158 Å². The molecule has 0 amide bonds. The van der Waals surface area contributed by atoms with Gasteiger partial charge in [0, 0.05) is 34.3 Å². The molecule has 2 aliphatic rings. The monoisotopic (exact) mass is 715 g/mol. The summed E-state index contributed by atoms with van der Waals surface area (Å²) in [5.41, 5.74) is 9.23. The number of fused-ring (bicyclic) bond motifs is 7. The Balaban J connectivity index is 0.982. The van der Waals surface area contributed by atoms with Crippen molar-refractivity contribution in [1.29, 1.82) is 0 Å². The molecule has 1 N–H and O–H groups in total. The molecule has 2 atom stereocenters. The zero-order valence-corrected chi connectivity index (χ0v) is 30.7. The number of amidine groups is 1. The van der Waals surface area contributed by atoms with Crippen LogP contribution < -0.4 is 5.32 Å². The largest absolute Gasteiger partial charge is 0.343 e. The summed E-state index contributed by atoms with van der Waals surface area (Å²) in [7, 11) is 0. The number of benzene rings is 8. The molecule has 8 aromatic carbocycles. The summed E-state index contributed by atoms with van der Waals surface area (Å²) >= 11 is 0. The average Bonchev–Trinajstić information content (AvgIpc) is 3.28. The highest BCUT2D eigenvalue weighted by Gasteiger charge is 2.25. The summed E-state index contributed by atoms with van der Waals surface area (Å²) in [6.07, 6.45) is 12.3. The number of allylic oxidation sites excluding steroid dienone is 4. The van der Waals surface area contributed by atoms with Gasteiger partial charge in [-0.25, -0.2) is 0 Å². The van der Waals surface area contributed by atoms with Crippen molar-refractivity contribution in [2.24, 2.45) is 10.9 Å². The van der Waals surface area contributed by atoms with E-state index >= 15 is 0 Å². The summed E-state index contributed by atoms with van der Waals surface area (Å²) in [6, 6.07) is 58.7. The van der Waals surface area contributed by atoms with E-state index in [4.69, 9.17) is 9.98 Å². The van der Waals surface area contributed by atoms with E-state index in [1.165, 1.54) is 65.5 Å². The molecule has 3 heteroatoms. The molecule has 3 nitrogen and oxygen atoms in total. The van der Waals surface area contributed by atoms with Crippen LogP contribution in [0, 0.1) is 5.92 Å². The second-order valence-electron chi connectivity index (χ2n) is 14.9. The molecule has 0 radical (unpaired) electrons. The van der Waals surface area contributed by atoms with E-state index in [9.17, 15) is 0 Å². The maximum Gasteiger partial charge on any atom is 0.133 e. The Morgan fingerprint density at radius 1 is 0.518 bits per heavy atom. The zero-order chi connectivity index (χ0) is 37.0. The Morgan fingerprint density at radius 2 is 1.12 bits per heavy atom. The highest BCUT2D eigenvalue weighted by molar-refractivity contribution is 6.13. The van der Waals surface area contributed by atoms with Crippen molar-refractivity contribution < 1.29 is 0 Å². The summed E-state index contributed by atoms with van der Waals surface area (Å²) in [5, 5.41) is 15.1. The molecule has 0 saturated heterocycles. The van der Waals surface area contributed by atoms with Gasteiger partial charge in [-0.15, -0.1) is 0 Å². The summed E-state index contributed by atoms with van der Waals surface area (Å²) in [4.78, 5) is 10.2. The lowest BCUT2D eigenvalue weighted by atomic mass is 9.86. The first-order valence-corrected chi connectivity index (χ1v) is 19.5. The lowest BCUT2D eigenvalue weighted by molar-refractivity contribution is 0.696. The van der Waals surface area contributed by atoms with Gasteiger partial charge in [-0.2, -0.15) is 0 Å². The van der Waals surface area contributed by atoms with E-state index in [1.807, 2.05) is 12.3 Å². The quantitative estimate of drug-likeness (QED) is 0.180. The molecule has 0 bridgehead atoms. The minimum atomic E-state index is -0.164. The summed E-state index contributed by atoms with van der Waals surface area (Å²) in [5.74, 6) is 1.06. The van der Waals surface area contributed by atoms with Crippen LogP contribution in [0.5, 0.6) is 0 Å². The third-order valence-electron chi connectivity index (χ3n) is 11.6. The maximum absolute atomic E-state index is 5.47. The van der Waals surface area contributed by atoms with Gasteiger partial charge in [0.05, 0.1) is 11.6 Å². The molecule has 0 fully saturated rings. The van der Waals surface area contributed by atoms with E-state index < -0.39 is 0 Å². The van der Waals surface area contributed by atoms with Crippen LogP contribution in [0.25, 0.3) is 70.7 Å². The first kappa shape index (κ1) is 32.3. The van der Waals surface area contributed by atoms with Gasteiger partial charge < -0.3 is 5.32 Å². The third-order valence-corrected chi connectivity index (χ3v) is 11.6. The van der Waals surface area contributed by atoms with Crippen LogP contribution in [0.1, 0.15) is 29.2 Å². The number of hydrogen-bond acceptors (Lipinski definition) is 3. The Kier molecular flexibility index (Phi) is 7.70. The zero-order valence-electron chi connectivity index (χ0n) is 30.7. The van der Waals surface area contributed by atoms with E-state index in [1.54, 1.807) is 0 Å². The Morgan fingerprint density at radius 3 is 1.86 bits per heavy atom. The second-order valence-corrected chi connectivity index (χ2v) is 14.9. The van der Waals surface area contributed by atoms with Crippen molar-refractivity contribution in [3.05, 3.63) is 217 Å². The minimum Gasteiger partial charge on any atom is -0.343 e. The highest BCUT2D eigenvalue weighted by Crippen LogP contribution is 2.39. The molecule has 9 aromatic rings. The Hall–Kier alpha value is -7.10. The van der Waals surface area contributed by atoms with Crippen molar-refractivity contribution in [2.75, 3.05) is 0 Å². The molecule has 0 saturated carbocycles. The van der Waals surface area contributed by atoms with Crippen LogP contribution in [-0.2, 0) is 0 Å². The molecule has 11 rings (SSSR count). The molecule has 56 heavy (non-hydrogen) atoms. The number of rotatable bonds is 5. The van der Waals surface area contributed by atoms with E-state index in [-0.39, 0.29) is 12.0 Å². The van der Waals surface area contributed by atoms with E-state index in [2.05, 4.69) is 187 Å². The van der Waals surface area contributed by atoms with Gasteiger partial charge in [-0.05, 0) is 102 Å². The smallest absolute Gasteiger partial charge is 0.133 e. The minimum absolute atomic E-state index is 0.164. The molecule has 264 valence electrons. The van der Waals surface area contributed by atoms with Gasteiger partial charge >= 0.3 is 0 Å². The average molecular weight is 716 g/mol. The van der Waals surface area contributed by atoms with Crippen LogP contribution >= 0.6 is 0 Å². The third kappa shape index (κ3) is 5.59. The second kappa shape index (κ2) is 13.3. The van der Waals surface area contributed by atoms with Crippen LogP contribution in [0.15, 0.2) is 205 Å². The van der Waals surface area contributed by atoms with Crippen molar-refractivity contribution in [3.63, 3.8) is 0 Å². The van der Waals surface area contributed by atoms with Gasteiger partial charge in [0.25, 0.3) is 0 Å². The Bertz CT molecular complexity index is 3150. The molecule has 1 aromatic heterocycles. The molecule has 1 aliphatic carbocycles. The number of aromatic nitrogens is 1. The molecular weight excluding hydrogens is 679 g/mol. The molecular formula is C53H37N3. The molecule has 1 aliphatic heterocycles. The fraction of sp³-hybridized carbons (Fsp3) is 0.0566. The van der Waals surface area contributed by atoms with Gasteiger partial charge in [0.1, 0.15) is 5.84 Å². The van der Waals surface area contributed by atoms with Crippen LogP contribution in [-0.4, -0.2) is 10.8 Å². The lowest BCUT2D eigenvalue weighted by Crippen LogP contribution is -2.32. The SMILES string of the molecule is C1=CC(C2=CC(c3cc4ccccc4c4ccccc34)N=C(c3ccc(-c4cnc5ccccc5c4)cc3)N2)CC=C1c1cc2ccccc2c2ccccc12. The van der Waals surface area contributed by atoms with Crippen LogP contribution in [0.3, 0.4) is 0 Å². The van der Waals surface area contributed by atoms with Crippen molar-refractivity contribution in [2.45, 2.75) is 12.5 Å². The first-order chi connectivity index (χ1) is 27.7. The van der Waals surface area contributed by atoms with Crippen LogP contribution in [0.4, 0.5) is 0 Å². The summed E-state index contributed by atoms with van der Waals surface area (Å²) < 4.78 is 0. The lowest BCUT2D eigenvalue weighted by Gasteiger charge is -2.28. The fourth-order valence-corrected chi connectivity index (χ4v) is 8.80. The number of nitrogens with zero attached hydrogens (tertiary/aromatic N) is 2. The van der Waals surface area contributed by atoms with Gasteiger partial charge in [0.2, 0.25) is 0 Å². The number of hydrogen-bond donors (Lipinski definition) is 1. The van der Waals surface area contributed by atoms with Gasteiger partial charge in [0.15, 0.2) is 0 Å². The predicted molar refractivity (Wildman–Crippen MR) is 236 cm³/mol. The summed E-state index contributed by atoms with van der Waals surface area (Å²) in [6.45, 7) is 0. The Labute approximate surface area is 325 Å². The first-order valence-electron chi connectivity index (χ1n) is 19.5. The molecule has 2 heterocycles. The number of nitrogens with one attached hydrogen (secondary N) is 1. The maximum atomic E-state index is 5.47. The van der Waals surface area contributed by atoms with Gasteiger partial charge in [-0.3, -0.25) is 9.98 Å². The number of para-hydroxylation sites is 1. The predicted octanol–water partition coefficient (Wildman–Crippen LogP) is 13.1. The number of pyridine rings is 1. The van der Waals surface area contributed by atoms with E-state index in [0.717, 1.165) is 39.8 Å². The van der Waals surface area contributed by atoms with Crippen LogP contribution in [0.2, 0.25) is 0 Å².